The summed E-state index contributed by atoms with van der Waals surface area (Å²) in [6, 6.07) is 19.5. The van der Waals surface area contributed by atoms with Gasteiger partial charge in [0.1, 0.15) is 5.75 Å². The van der Waals surface area contributed by atoms with E-state index in [2.05, 4.69) is 48.5 Å². The van der Waals surface area contributed by atoms with Crippen LogP contribution < -0.4 is 4.74 Å². The number of ether oxygens (including phenoxy) is 2. The molecule has 1 fully saturated rings. The van der Waals surface area contributed by atoms with Crippen molar-refractivity contribution in [2.24, 2.45) is 11.3 Å². The number of benzene rings is 2. The number of fused-ring (bicyclic) bond motifs is 2. The molecular weight excluding hydrogens is 310 g/mol. The van der Waals surface area contributed by atoms with E-state index in [1.54, 1.807) is 7.11 Å². The molecule has 1 aliphatic heterocycles. The second kappa shape index (κ2) is 5.21. The van der Waals surface area contributed by atoms with Crippen LogP contribution in [0, 0.1) is 22.7 Å². The maximum absolute atomic E-state index is 9.65. The molecule has 25 heavy (non-hydrogen) atoms. The van der Waals surface area contributed by atoms with E-state index in [4.69, 9.17) is 9.47 Å². The molecule has 1 spiro atoms. The number of nitriles is 1. The molecular formula is C22H19NO2. The summed E-state index contributed by atoms with van der Waals surface area (Å²) in [6.07, 6.45) is 2.14. The molecule has 0 N–H and O–H groups in total. The molecule has 0 bridgehead atoms. The molecule has 4 atom stereocenters. The second-order valence-electron chi connectivity index (χ2n) is 7.21. The number of allylic oxidation sites excluding steroid dienone is 1. The Labute approximate surface area is 147 Å². The standard InChI is InChI=1S/C22H19NO2/c1-24-16-8-6-14(7-9-16)21-18-5-3-2-4-17(18)19-10-15(11-23)22(19)13-25-12-20(21)22/h2-10,19-21H,12-13H2,1H3/t19-,20-,21?,22-/m0/s1. The van der Waals surface area contributed by atoms with Gasteiger partial charge in [-0.15, -0.1) is 0 Å². The summed E-state index contributed by atoms with van der Waals surface area (Å²) in [5.41, 5.74) is 4.76. The maximum atomic E-state index is 9.65. The minimum Gasteiger partial charge on any atom is -0.497 e. The topological polar surface area (TPSA) is 42.2 Å². The fourth-order valence-corrected chi connectivity index (χ4v) is 5.17. The summed E-state index contributed by atoms with van der Waals surface area (Å²) in [4.78, 5) is 0. The van der Waals surface area contributed by atoms with Crippen LogP contribution in [0.5, 0.6) is 5.75 Å². The Bertz CT molecular complexity index is 908. The van der Waals surface area contributed by atoms with E-state index in [-0.39, 0.29) is 11.3 Å². The molecule has 1 heterocycles. The van der Waals surface area contributed by atoms with Crippen molar-refractivity contribution in [3.05, 3.63) is 76.9 Å². The monoisotopic (exact) mass is 329 g/mol. The maximum Gasteiger partial charge on any atom is 0.118 e. The minimum absolute atomic E-state index is 0.145. The van der Waals surface area contributed by atoms with Crippen molar-refractivity contribution in [2.45, 2.75) is 11.8 Å². The zero-order chi connectivity index (χ0) is 17.0. The van der Waals surface area contributed by atoms with E-state index in [0.29, 0.717) is 25.0 Å². The number of methoxy groups -OCH3 is 1. The van der Waals surface area contributed by atoms with Gasteiger partial charge in [0.05, 0.1) is 26.4 Å². The van der Waals surface area contributed by atoms with Crippen molar-refractivity contribution in [3.63, 3.8) is 0 Å². The Hall–Kier alpha value is -2.57. The summed E-state index contributed by atoms with van der Waals surface area (Å²) in [5, 5.41) is 9.65. The minimum atomic E-state index is -0.145. The molecule has 3 aliphatic rings. The van der Waals surface area contributed by atoms with Crippen LogP contribution in [0.4, 0.5) is 0 Å². The highest BCUT2D eigenvalue weighted by Gasteiger charge is 2.62. The van der Waals surface area contributed by atoms with Gasteiger partial charge >= 0.3 is 0 Å². The van der Waals surface area contributed by atoms with Gasteiger partial charge in [-0.3, -0.25) is 0 Å². The molecule has 3 nitrogen and oxygen atoms in total. The molecule has 0 amide bonds. The first kappa shape index (κ1) is 14.7. The molecule has 3 heteroatoms. The Morgan fingerprint density at radius 2 is 1.88 bits per heavy atom. The van der Waals surface area contributed by atoms with Crippen LogP contribution in [0.3, 0.4) is 0 Å². The predicted octanol–water partition coefficient (Wildman–Crippen LogP) is 4.02. The van der Waals surface area contributed by atoms with Crippen LogP contribution in [0.15, 0.2) is 60.2 Å². The summed E-state index contributed by atoms with van der Waals surface area (Å²) in [5.74, 6) is 1.73. The summed E-state index contributed by atoms with van der Waals surface area (Å²) in [7, 11) is 1.69. The van der Waals surface area contributed by atoms with Gasteiger partial charge in [0, 0.05) is 28.7 Å². The van der Waals surface area contributed by atoms with Crippen LogP contribution >= 0.6 is 0 Å². The Morgan fingerprint density at radius 1 is 1.12 bits per heavy atom. The number of hydrogen-bond donors (Lipinski definition) is 0. The summed E-state index contributed by atoms with van der Waals surface area (Å²) < 4.78 is 11.3. The molecule has 5 rings (SSSR count). The lowest BCUT2D eigenvalue weighted by molar-refractivity contribution is 0.146. The quantitative estimate of drug-likeness (QED) is 0.836. The Kier molecular flexibility index (Phi) is 3.07. The van der Waals surface area contributed by atoms with Crippen molar-refractivity contribution in [2.75, 3.05) is 20.3 Å². The van der Waals surface area contributed by atoms with Crippen molar-refractivity contribution in [1.82, 2.24) is 0 Å². The molecule has 2 aliphatic carbocycles. The van der Waals surface area contributed by atoms with E-state index in [0.717, 1.165) is 11.3 Å². The SMILES string of the molecule is COc1ccc(C2c3ccccc3[C@@H]3C=C(C#N)[C@@]34COC[C@@H]24)cc1. The fourth-order valence-electron chi connectivity index (χ4n) is 5.17. The largest absolute Gasteiger partial charge is 0.497 e. The van der Waals surface area contributed by atoms with Gasteiger partial charge in [-0.1, -0.05) is 42.5 Å². The lowest BCUT2D eigenvalue weighted by Crippen LogP contribution is -2.49. The fraction of sp³-hybridized carbons (Fsp3) is 0.318. The van der Waals surface area contributed by atoms with Crippen LogP contribution in [0.2, 0.25) is 0 Å². The van der Waals surface area contributed by atoms with Gasteiger partial charge in [-0.2, -0.15) is 5.26 Å². The highest BCUT2D eigenvalue weighted by atomic mass is 16.5. The van der Waals surface area contributed by atoms with Crippen molar-refractivity contribution in [3.8, 4) is 11.8 Å². The summed E-state index contributed by atoms with van der Waals surface area (Å²) in [6.45, 7) is 1.36. The number of hydrogen-bond acceptors (Lipinski definition) is 3. The first-order valence-electron chi connectivity index (χ1n) is 8.72. The average Bonchev–Trinajstić information content (AvgIpc) is 3.11. The van der Waals surface area contributed by atoms with Crippen molar-refractivity contribution in [1.29, 1.82) is 5.26 Å². The third kappa shape index (κ3) is 1.78. The van der Waals surface area contributed by atoms with Crippen LogP contribution in [0.25, 0.3) is 0 Å². The van der Waals surface area contributed by atoms with Gasteiger partial charge < -0.3 is 9.47 Å². The first-order chi connectivity index (χ1) is 12.3. The molecule has 0 aromatic heterocycles. The Morgan fingerprint density at radius 3 is 2.60 bits per heavy atom. The van der Waals surface area contributed by atoms with E-state index in [9.17, 15) is 5.26 Å². The van der Waals surface area contributed by atoms with Gasteiger partial charge in [-0.05, 0) is 28.8 Å². The highest BCUT2D eigenvalue weighted by molar-refractivity contribution is 5.58. The third-order valence-electron chi connectivity index (χ3n) is 6.35. The molecule has 2 aromatic rings. The first-order valence-corrected chi connectivity index (χ1v) is 8.72. The highest BCUT2D eigenvalue weighted by Crippen LogP contribution is 2.67. The third-order valence-corrected chi connectivity index (χ3v) is 6.35. The molecule has 1 saturated heterocycles. The van der Waals surface area contributed by atoms with Gasteiger partial charge in [0.15, 0.2) is 0 Å². The number of nitrogens with zero attached hydrogens (tertiary/aromatic N) is 1. The van der Waals surface area contributed by atoms with Crippen molar-refractivity contribution >= 4 is 0 Å². The van der Waals surface area contributed by atoms with Gasteiger partial charge in [0.2, 0.25) is 0 Å². The van der Waals surface area contributed by atoms with Crippen LogP contribution in [-0.4, -0.2) is 20.3 Å². The van der Waals surface area contributed by atoms with Gasteiger partial charge in [-0.25, -0.2) is 0 Å². The van der Waals surface area contributed by atoms with E-state index < -0.39 is 0 Å². The van der Waals surface area contributed by atoms with E-state index in [1.165, 1.54) is 16.7 Å². The zero-order valence-corrected chi connectivity index (χ0v) is 14.1. The average molecular weight is 329 g/mol. The molecule has 0 radical (unpaired) electrons. The second-order valence-corrected chi connectivity index (χ2v) is 7.21. The Balaban J connectivity index is 1.71. The smallest absolute Gasteiger partial charge is 0.118 e. The van der Waals surface area contributed by atoms with Crippen molar-refractivity contribution < 1.29 is 9.47 Å². The van der Waals surface area contributed by atoms with E-state index >= 15 is 0 Å². The van der Waals surface area contributed by atoms with E-state index in [1.807, 2.05) is 12.1 Å². The summed E-state index contributed by atoms with van der Waals surface area (Å²) >= 11 is 0. The molecule has 1 unspecified atom stereocenters. The number of rotatable bonds is 2. The molecule has 0 saturated carbocycles. The molecule has 124 valence electrons. The normalized spacial score (nSPS) is 31.7. The lowest BCUT2D eigenvalue weighted by atomic mass is 9.47. The predicted molar refractivity (Wildman–Crippen MR) is 94.5 cm³/mol. The molecule has 2 aromatic carbocycles. The van der Waals surface area contributed by atoms with Crippen LogP contribution in [0.1, 0.15) is 28.5 Å². The lowest BCUT2D eigenvalue weighted by Gasteiger charge is -2.53. The van der Waals surface area contributed by atoms with Gasteiger partial charge in [0.25, 0.3) is 0 Å². The zero-order valence-electron chi connectivity index (χ0n) is 14.1. The van der Waals surface area contributed by atoms with Crippen LogP contribution in [-0.2, 0) is 4.74 Å².